The molecular formula is C30H27Br2FN2O6. The smallest absolute Gasteiger partial charge is 0.331 e. The van der Waals surface area contributed by atoms with E-state index >= 15 is 0 Å². The molecule has 0 unspecified atom stereocenters. The number of carbonyl (C=O) groups excluding carboxylic acids is 3. The molecule has 8 nitrogen and oxygen atoms in total. The van der Waals surface area contributed by atoms with E-state index in [1.165, 1.54) is 18.2 Å². The van der Waals surface area contributed by atoms with Gasteiger partial charge in [-0.2, -0.15) is 0 Å². The summed E-state index contributed by atoms with van der Waals surface area (Å²) in [5, 5.41) is 2.24. The normalized spacial score (nSPS) is 14.3. The quantitative estimate of drug-likeness (QED) is 0.176. The summed E-state index contributed by atoms with van der Waals surface area (Å²) in [6, 6.07) is 13.7. The number of urea groups is 1. The van der Waals surface area contributed by atoms with Gasteiger partial charge in [-0.25, -0.2) is 9.18 Å². The van der Waals surface area contributed by atoms with E-state index in [1.54, 1.807) is 42.5 Å². The van der Waals surface area contributed by atoms with Crippen LogP contribution in [0.4, 0.5) is 9.18 Å². The third kappa shape index (κ3) is 7.53. The van der Waals surface area contributed by atoms with Crippen LogP contribution in [0.1, 0.15) is 37.0 Å². The number of barbiturate groups is 1. The van der Waals surface area contributed by atoms with Crippen molar-refractivity contribution < 1.29 is 33.0 Å². The van der Waals surface area contributed by atoms with Gasteiger partial charge in [0.2, 0.25) is 0 Å². The molecule has 0 atom stereocenters. The van der Waals surface area contributed by atoms with Crippen molar-refractivity contribution >= 4 is 55.8 Å². The van der Waals surface area contributed by atoms with Gasteiger partial charge in [-0.05, 0) is 104 Å². The van der Waals surface area contributed by atoms with E-state index in [-0.39, 0.29) is 24.5 Å². The van der Waals surface area contributed by atoms with Gasteiger partial charge in [0, 0.05) is 0 Å². The van der Waals surface area contributed by atoms with Crippen molar-refractivity contribution in [2.75, 3.05) is 13.2 Å². The molecule has 3 aromatic carbocycles. The maximum absolute atomic E-state index is 13.3. The van der Waals surface area contributed by atoms with Gasteiger partial charge in [-0.3, -0.25) is 19.8 Å². The first-order valence-electron chi connectivity index (χ1n) is 12.8. The van der Waals surface area contributed by atoms with Gasteiger partial charge in [0.1, 0.15) is 23.7 Å². The Bertz CT molecular complexity index is 1470. The van der Waals surface area contributed by atoms with E-state index in [4.69, 9.17) is 14.2 Å². The molecule has 1 N–H and O–H groups in total. The Morgan fingerprint density at radius 1 is 0.878 bits per heavy atom. The summed E-state index contributed by atoms with van der Waals surface area (Å²) in [4.78, 5) is 39.6. The Morgan fingerprint density at radius 2 is 1.56 bits per heavy atom. The number of ether oxygens (including phenoxy) is 3. The van der Waals surface area contributed by atoms with Gasteiger partial charge in [0.05, 0.1) is 28.7 Å². The number of carbonyl (C=O) groups is 3. The van der Waals surface area contributed by atoms with Crippen molar-refractivity contribution in [3.63, 3.8) is 0 Å². The molecule has 1 aliphatic rings. The average molecular weight is 690 g/mol. The van der Waals surface area contributed by atoms with E-state index in [1.807, 2.05) is 13.8 Å². The number of benzene rings is 3. The number of nitrogens with zero attached hydrogens (tertiary/aromatic N) is 1. The average Bonchev–Trinajstić information content (AvgIpc) is 2.93. The first-order chi connectivity index (χ1) is 19.7. The van der Waals surface area contributed by atoms with Gasteiger partial charge in [-0.1, -0.05) is 25.1 Å². The molecule has 0 saturated carbocycles. The minimum absolute atomic E-state index is 0.0764. The minimum atomic E-state index is -0.812. The fourth-order valence-electron chi connectivity index (χ4n) is 3.97. The van der Waals surface area contributed by atoms with Crippen LogP contribution in [0.15, 0.2) is 69.1 Å². The Kier molecular flexibility index (Phi) is 10.2. The van der Waals surface area contributed by atoms with Crippen LogP contribution in [0.3, 0.4) is 0 Å². The summed E-state index contributed by atoms with van der Waals surface area (Å²) in [6.07, 6.45) is 2.24. The summed E-state index contributed by atoms with van der Waals surface area (Å²) >= 11 is 6.94. The summed E-state index contributed by atoms with van der Waals surface area (Å²) in [6.45, 7) is 4.91. The van der Waals surface area contributed by atoms with E-state index < -0.39 is 17.8 Å². The van der Waals surface area contributed by atoms with Crippen LogP contribution in [0, 0.1) is 5.82 Å². The highest BCUT2D eigenvalue weighted by Crippen LogP contribution is 2.36. The maximum atomic E-state index is 13.3. The standard InChI is InChI=1S/C30H27Br2FN2O6/c1-3-11-40-25-10-7-19(15-26(25)39-4-2)16-35-29(37)22(28(36)34-30(35)38)12-20-13-23(31)27(24(32)14-20)41-17-18-5-8-21(33)9-6-18/h5-10,12-15H,3-4,11,16-17H2,1-2H3,(H,34,36,38)/b22-12+. The lowest BCUT2D eigenvalue weighted by Crippen LogP contribution is -2.53. The van der Waals surface area contributed by atoms with Crippen LogP contribution in [-0.2, 0) is 22.7 Å². The highest BCUT2D eigenvalue weighted by Gasteiger charge is 2.36. The van der Waals surface area contributed by atoms with Gasteiger partial charge in [-0.15, -0.1) is 0 Å². The molecule has 3 aromatic rings. The molecule has 11 heteroatoms. The second kappa shape index (κ2) is 13.8. The number of imide groups is 2. The summed E-state index contributed by atoms with van der Waals surface area (Å²) in [5.41, 5.74) is 1.72. The zero-order chi connectivity index (χ0) is 29.5. The predicted molar refractivity (Wildman–Crippen MR) is 158 cm³/mol. The predicted octanol–water partition coefficient (Wildman–Crippen LogP) is 6.78. The number of rotatable bonds is 11. The second-order valence-electron chi connectivity index (χ2n) is 9.00. The minimum Gasteiger partial charge on any atom is -0.490 e. The van der Waals surface area contributed by atoms with Crippen molar-refractivity contribution in [3.8, 4) is 17.2 Å². The first-order valence-corrected chi connectivity index (χ1v) is 14.4. The molecule has 0 radical (unpaired) electrons. The van der Waals surface area contributed by atoms with Crippen molar-refractivity contribution in [1.29, 1.82) is 0 Å². The van der Waals surface area contributed by atoms with Crippen LogP contribution in [0.25, 0.3) is 6.08 Å². The number of nitrogens with one attached hydrogen (secondary N) is 1. The van der Waals surface area contributed by atoms with Crippen molar-refractivity contribution in [3.05, 3.63) is 91.6 Å². The summed E-state index contributed by atoms with van der Waals surface area (Å²) in [5.74, 6) is -0.287. The number of hydrogen-bond acceptors (Lipinski definition) is 6. The summed E-state index contributed by atoms with van der Waals surface area (Å²) in [7, 11) is 0. The second-order valence-corrected chi connectivity index (χ2v) is 10.7. The molecule has 0 aromatic heterocycles. The highest BCUT2D eigenvalue weighted by atomic mass is 79.9. The highest BCUT2D eigenvalue weighted by molar-refractivity contribution is 9.11. The van der Waals surface area contributed by atoms with Crippen LogP contribution in [-0.4, -0.2) is 36.0 Å². The van der Waals surface area contributed by atoms with Crippen molar-refractivity contribution in [1.82, 2.24) is 10.2 Å². The van der Waals surface area contributed by atoms with E-state index in [2.05, 4.69) is 37.2 Å². The lowest BCUT2D eigenvalue weighted by Gasteiger charge is -2.26. The Morgan fingerprint density at radius 3 is 2.22 bits per heavy atom. The van der Waals surface area contributed by atoms with Crippen LogP contribution in [0.2, 0.25) is 0 Å². The molecule has 1 fully saturated rings. The number of amides is 4. The Labute approximate surface area is 253 Å². The van der Waals surface area contributed by atoms with Crippen LogP contribution in [0.5, 0.6) is 17.2 Å². The van der Waals surface area contributed by atoms with E-state index in [0.29, 0.717) is 50.5 Å². The first kappa shape index (κ1) is 30.3. The van der Waals surface area contributed by atoms with Crippen LogP contribution >= 0.6 is 31.9 Å². The molecule has 0 spiro atoms. The lowest BCUT2D eigenvalue weighted by atomic mass is 10.1. The maximum Gasteiger partial charge on any atom is 0.331 e. The molecule has 0 bridgehead atoms. The van der Waals surface area contributed by atoms with Gasteiger partial charge >= 0.3 is 6.03 Å². The molecule has 4 rings (SSSR count). The Hall–Kier alpha value is -3.70. The molecule has 1 heterocycles. The topological polar surface area (TPSA) is 94.2 Å². The molecule has 1 aliphatic heterocycles. The molecule has 4 amide bonds. The molecule has 1 saturated heterocycles. The zero-order valence-corrected chi connectivity index (χ0v) is 25.5. The largest absolute Gasteiger partial charge is 0.490 e. The van der Waals surface area contributed by atoms with Gasteiger partial charge < -0.3 is 14.2 Å². The Balaban J connectivity index is 1.54. The van der Waals surface area contributed by atoms with Crippen LogP contribution < -0.4 is 19.5 Å². The number of halogens is 3. The van der Waals surface area contributed by atoms with E-state index in [9.17, 15) is 18.8 Å². The molecule has 41 heavy (non-hydrogen) atoms. The number of hydrogen-bond donors (Lipinski definition) is 1. The molecular weight excluding hydrogens is 663 g/mol. The third-order valence-corrected chi connectivity index (χ3v) is 7.10. The molecule has 0 aliphatic carbocycles. The van der Waals surface area contributed by atoms with Gasteiger partial charge in [0.15, 0.2) is 11.5 Å². The molecule has 214 valence electrons. The zero-order valence-electron chi connectivity index (χ0n) is 22.3. The van der Waals surface area contributed by atoms with Gasteiger partial charge in [0.25, 0.3) is 11.8 Å². The van der Waals surface area contributed by atoms with Crippen molar-refractivity contribution in [2.45, 2.75) is 33.4 Å². The summed E-state index contributed by atoms with van der Waals surface area (Å²) < 4.78 is 31.6. The fourth-order valence-corrected chi connectivity index (χ4v) is 5.42. The third-order valence-electron chi connectivity index (χ3n) is 5.92. The fraction of sp³-hybridized carbons (Fsp3) is 0.233. The van der Waals surface area contributed by atoms with Crippen molar-refractivity contribution in [2.24, 2.45) is 0 Å². The SMILES string of the molecule is CCCOc1ccc(CN2C(=O)NC(=O)/C(=C\c3cc(Br)c(OCc4ccc(F)cc4)c(Br)c3)C2=O)cc1OCC. The van der Waals surface area contributed by atoms with E-state index in [0.717, 1.165) is 16.9 Å². The lowest BCUT2D eigenvalue weighted by molar-refractivity contribution is -0.130. The monoisotopic (exact) mass is 688 g/mol.